The Labute approximate surface area is 125 Å². The van der Waals surface area contributed by atoms with E-state index in [4.69, 9.17) is 0 Å². The first kappa shape index (κ1) is 14.1. The Morgan fingerprint density at radius 3 is 3.05 bits per heavy atom. The smallest absolute Gasteiger partial charge is 0.240 e. The maximum absolute atomic E-state index is 12.2. The molecule has 0 aliphatic carbocycles. The van der Waals surface area contributed by atoms with E-state index in [1.54, 1.807) is 0 Å². The van der Waals surface area contributed by atoms with E-state index in [0.717, 1.165) is 38.9 Å². The minimum Gasteiger partial charge on any atom is -0.354 e. The number of carbonyl (C=O) groups is 1. The molecule has 0 radical (unpaired) electrons. The molecule has 21 heavy (non-hydrogen) atoms. The summed E-state index contributed by atoms with van der Waals surface area (Å²) in [7, 11) is 0. The second kappa shape index (κ2) is 5.90. The Hall–Kier alpha value is -1.81. The molecule has 4 heteroatoms. The van der Waals surface area contributed by atoms with Gasteiger partial charge in [-0.05, 0) is 50.2 Å². The largest absolute Gasteiger partial charge is 0.354 e. The van der Waals surface area contributed by atoms with Crippen molar-refractivity contribution in [1.29, 1.82) is 0 Å². The van der Waals surface area contributed by atoms with Crippen LogP contribution in [0.5, 0.6) is 0 Å². The SMILES string of the molecule is CC1(C(=O)NCCCn2ccc3ccccc32)CCCN1. The standard InChI is InChI=1S/C17H23N3O/c1-17(9-4-11-19-17)16(21)18-10-5-12-20-13-8-14-6-2-3-7-15(14)20/h2-3,6-8,13,19H,4-5,9-12H2,1H3,(H,18,21). The maximum Gasteiger partial charge on any atom is 0.240 e. The van der Waals surface area contributed by atoms with Crippen molar-refractivity contribution >= 4 is 16.8 Å². The fraction of sp³-hybridized carbons (Fsp3) is 0.471. The zero-order valence-corrected chi connectivity index (χ0v) is 12.6. The number of hydrogen-bond acceptors (Lipinski definition) is 2. The summed E-state index contributed by atoms with van der Waals surface area (Å²) in [5, 5.41) is 7.62. The van der Waals surface area contributed by atoms with Crippen molar-refractivity contribution in [3.63, 3.8) is 0 Å². The number of nitrogens with one attached hydrogen (secondary N) is 2. The summed E-state index contributed by atoms with van der Waals surface area (Å²) < 4.78 is 2.25. The van der Waals surface area contributed by atoms with Gasteiger partial charge in [0.25, 0.3) is 0 Å². The second-order valence-electron chi connectivity index (χ2n) is 6.04. The van der Waals surface area contributed by atoms with Crippen LogP contribution in [0, 0.1) is 0 Å². The number of hydrogen-bond donors (Lipinski definition) is 2. The number of rotatable bonds is 5. The van der Waals surface area contributed by atoms with E-state index in [-0.39, 0.29) is 11.4 Å². The van der Waals surface area contributed by atoms with Gasteiger partial charge in [-0.3, -0.25) is 4.79 Å². The van der Waals surface area contributed by atoms with Crippen molar-refractivity contribution in [3.8, 4) is 0 Å². The Kier molecular flexibility index (Phi) is 3.97. The summed E-state index contributed by atoms with van der Waals surface area (Å²) in [6, 6.07) is 10.5. The Balaban J connectivity index is 1.49. The Morgan fingerprint density at radius 2 is 2.24 bits per heavy atom. The fourth-order valence-corrected chi connectivity index (χ4v) is 3.07. The highest BCUT2D eigenvalue weighted by atomic mass is 16.2. The fourth-order valence-electron chi connectivity index (χ4n) is 3.07. The monoisotopic (exact) mass is 285 g/mol. The lowest BCUT2D eigenvalue weighted by Gasteiger charge is -2.23. The van der Waals surface area contributed by atoms with Gasteiger partial charge in [0, 0.05) is 24.8 Å². The van der Waals surface area contributed by atoms with E-state index < -0.39 is 0 Å². The van der Waals surface area contributed by atoms with Crippen LogP contribution in [0.25, 0.3) is 10.9 Å². The highest BCUT2D eigenvalue weighted by Crippen LogP contribution is 2.18. The summed E-state index contributed by atoms with van der Waals surface area (Å²) >= 11 is 0. The first-order valence-corrected chi connectivity index (χ1v) is 7.76. The first-order valence-electron chi connectivity index (χ1n) is 7.76. The molecular formula is C17H23N3O. The molecule has 112 valence electrons. The van der Waals surface area contributed by atoms with Gasteiger partial charge in [0.15, 0.2) is 0 Å². The van der Waals surface area contributed by atoms with Crippen LogP contribution in [0.2, 0.25) is 0 Å². The first-order chi connectivity index (χ1) is 10.2. The Bertz CT molecular complexity index is 626. The number of amides is 1. The average molecular weight is 285 g/mol. The molecule has 0 bridgehead atoms. The molecule has 2 aromatic rings. The van der Waals surface area contributed by atoms with Gasteiger partial charge < -0.3 is 15.2 Å². The van der Waals surface area contributed by atoms with Gasteiger partial charge in [0.05, 0.1) is 5.54 Å². The van der Waals surface area contributed by atoms with Crippen molar-refractivity contribution < 1.29 is 4.79 Å². The summed E-state index contributed by atoms with van der Waals surface area (Å²) in [4.78, 5) is 12.2. The zero-order chi connectivity index (χ0) is 14.7. The molecule has 1 fully saturated rings. The predicted molar refractivity (Wildman–Crippen MR) is 85.2 cm³/mol. The van der Waals surface area contributed by atoms with Crippen LogP contribution < -0.4 is 10.6 Å². The number of aryl methyl sites for hydroxylation is 1. The average Bonchev–Trinajstić information content (AvgIpc) is 3.11. The molecule has 1 amide bonds. The van der Waals surface area contributed by atoms with Crippen LogP contribution in [-0.2, 0) is 11.3 Å². The quantitative estimate of drug-likeness (QED) is 0.828. The molecule has 1 aliphatic rings. The summed E-state index contributed by atoms with van der Waals surface area (Å²) in [6.45, 7) is 4.59. The Morgan fingerprint density at radius 1 is 1.38 bits per heavy atom. The third-order valence-corrected chi connectivity index (χ3v) is 4.41. The molecule has 1 aliphatic heterocycles. The molecule has 1 saturated heterocycles. The van der Waals surface area contributed by atoms with Crippen LogP contribution in [0.1, 0.15) is 26.2 Å². The summed E-state index contributed by atoms with van der Waals surface area (Å²) in [6.07, 6.45) is 5.08. The summed E-state index contributed by atoms with van der Waals surface area (Å²) in [5.74, 6) is 0.136. The highest BCUT2D eigenvalue weighted by molar-refractivity contribution is 5.86. The topological polar surface area (TPSA) is 46.1 Å². The lowest BCUT2D eigenvalue weighted by atomic mass is 9.99. The van der Waals surface area contributed by atoms with Crippen LogP contribution in [0.15, 0.2) is 36.5 Å². The van der Waals surface area contributed by atoms with Crippen LogP contribution in [0.3, 0.4) is 0 Å². The molecule has 1 aromatic heterocycles. The molecular weight excluding hydrogens is 262 g/mol. The third-order valence-electron chi connectivity index (χ3n) is 4.41. The second-order valence-corrected chi connectivity index (χ2v) is 6.04. The van der Waals surface area contributed by atoms with Crippen molar-refractivity contribution in [2.75, 3.05) is 13.1 Å². The molecule has 1 unspecified atom stereocenters. The normalized spacial score (nSPS) is 21.8. The van der Waals surface area contributed by atoms with Gasteiger partial charge in [-0.25, -0.2) is 0 Å². The van der Waals surface area contributed by atoms with Crippen molar-refractivity contribution in [3.05, 3.63) is 36.5 Å². The van der Waals surface area contributed by atoms with Gasteiger partial charge in [0.2, 0.25) is 5.91 Å². The number of nitrogens with zero attached hydrogens (tertiary/aromatic N) is 1. The molecule has 1 aromatic carbocycles. The van der Waals surface area contributed by atoms with Crippen molar-refractivity contribution in [2.24, 2.45) is 0 Å². The van der Waals surface area contributed by atoms with Crippen LogP contribution in [0.4, 0.5) is 0 Å². The number of para-hydroxylation sites is 1. The molecule has 2 N–H and O–H groups in total. The molecule has 4 nitrogen and oxygen atoms in total. The van der Waals surface area contributed by atoms with Crippen molar-refractivity contribution in [1.82, 2.24) is 15.2 Å². The third kappa shape index (κ3) is 2.95. The molecule has 2 heterocycles. The minimum absolute atomic E-state index is 0.136. The predicted octanol–water partition coefficient (Wildman–Crippen LogP) is 2.29. The zero-order valence-electron chi connectivity index (χ0n) is 12.6. The van der Waals surface area contributed by atoms with Gasteiger partial charge in [-0.15, -0.1) is 0 Å². The summed E-state index contributed by atoms with van der Waals surface area (Å²) in [5.41, 5.74) is 0.897. The van der Waals surface area contributed by atoms with Crippen LogP contribution >= 0.6 is 0 Å². The van der Waals surface area contributed by atoms with E-state index in [1.165, 1.54) is 10.9 Å². The molecule has 0 saturated carbocycles. The van der Waals surface area contributed by atoms with E-state index in [9.17, 15) is 4.79 Å². The molecule has 3 rings (SSSR count). The molecule has 0 spiro atoms. The van der Waals surface area contributed by atoms with E-state index >= 15 is 0 Å². The van der Waals surface area contributed by atoms with Gasteiger partial charge in [-0.2, -0.15) is 0 Å². The number of carbonyl (C=O) groups excluding carboxylic acids is 1. The van der Waals surface area contributed by atoms with Gasteiger partial charge in [-0.1, -0.05) is 18.2 Å². The maximum atomic E-state index is 12.2. The van der Waals surface area contributed by atoms with E-state index in [1.807, 2.05) is 6.92 Å². The number of fused-ring (bicyclic) bond motifs is 1. The minimum atomic E-state index is -0.361. The van der Waals surface area contributed by atoms with Gasteiger partial charge in [0.1, 0.15) is 0 Å². The van der Waals surface area contributed by atoms with Crippen molar-refractivity contribution in [2.45, 2.75) is 38.3 Å². The van der Waals surface area contributed by atoms with E-state index in [2.05, 4.69) is 51.7 Å². The lowest BCUT2D eigenvalue weighted by molar-refractivity contribution is -0.126. The van der Waals surface area contributed by atoms with Gasteiger partial charge >= 0.3 is 0 Å². The van der Waals surface area contributed by atoms with Crippen LogP contribution in [-0.4, -0.2) is 29.1 Å². The lowest BCUT2D eigenvalue weighted by Crippen LogP contribution is -2.51. The van der Waals surface area contributed by atoms with E-state index in [0.29, 0.717) is 0 Å². The highest BCUT2D eigenvalue weighted by Gasteiger charge is 2.35. The molecule has 1 atom stereocenters. The number of aromatic nitrogens is 1. The number of benzene rings is 1.